The Morgan fingerprint density at radius 2 is 1.70 bits per heavy atom. The lowest BCUT2D eigenvalue weighted by molar-refractivity contribution is -0.00473. The molecule has 0 unspecified atom stereocenters. The van der Waals surface area contributed by atoms with E-state index in [0.717, 1.165) is 85.6 Å². The Kier molecular flexibility index (Phi) is 8.23. The second-order valence-corrected chi connectivity index (χ2v) is 12.0. The maximum Gasteiger partial charge on any atom is 0.207 e. The highest BCUT2D eigenvalue weighted by atomic mass is 16.5. The molecular weight excluding hydrogens is 548 g/mol. The van der Waals surface area contributed by atoms with Crippen LogP contribution in [-0.4, -0.2) is 46.9 Å². The maximum absolute atomic E-state index is 12.1. The molecule has 3 aromatic rings. The molecule has 1 fully saturated rings. The second kappa shape index (κ2) is 12.1. The molecule has 1 heterocycles. The Labute approximate surface area is 252 Å². The first-order chi connectivity index (χ1) is 20.9. The van der Waals surface area contributed by atoms with Crippen molar-refractivity contribution >= 4 is 0 Å². The molecule has 0 bridgehead atoms. The van der Waals surface area contributed by atoms with Gasteiger partial charge in [-0.25, -0.2) is 0 Å². The number of ether oxygens (including phenoxy) is 4. The van der Waals surface area contributed by atoms with E-state index < -0.39 is 12.2 Å². The summed E-state index contributed by atoms with van der Waals surface area (Å²) in [4.78, 5) is 0. The number of methoxy groups -OCH3 is 2. The van der Waals surface area contributed by atoms with Crippen LogP contribution in [-0.2, 0) is 12.8 Å². The van der Waals surface area contributed by atoms with Crippen LogP contribution in [0.1, 0.15) is 92.6 Å². The van der Waals surface area contributed by atoms with Gasteiger partial charge in [-0.15, -0.1) is 0 Å². The van der Waals surface area contributed by atoms with Crippen molar-refractivity contribution in [3.05, 3.63) is 52.6 Å². The molecule has 0 amide bonds. The van der Waals surface area contributed by atoms with Crippen molar-refractivity contribution in [1.82, 2.24) is 0 Å². The zero-order valence-corrected chi connectivity index (χ0v) is 25.2. The molecule has 3 atom stereocenters. The number of fused-ring (bicyclic) bond motifs is 5. The molecule has 0 aromatic heterocycles. The summed E-state index contributed by atoms with van der Waals surface area (Å²) in [6, 6.07) is 8.90. The van der Waals surface area contributed by atoms with Crippen molar-refractivity contribution in [3.63, 3.8) is 0 Å². The van der Waals surface area contributed by atoms with Gasteiger partial charge in [0, 0.05) is 28.7 Å². The third-order valence-corrected chi connectivity index (χ3v) is 9.42. The van der Waals surface area contributed by atoms with Gasteiger partial charge >= 0.3 is 0 Å². The third kappa shape index (κ3) is 5.20. The minimum atomic E-state index is -0.984. The highest BCUT2D eigenvalue weighted by molar-refractivity contribution is 5.82. The summed E-state index contributed by atoms with van der Waals surface area (Å²) in [7, 11) is 3.02. The van der Waals surface area contributed by atoms with E-state index in [0.29, 0.717) is 23.5 Å². The summed E-state index contributed by atoms with van der Waals surface area (Å²) in [6.45, 7) is 2.16. The highest BCUT2D eigenvalue weighted by Gasteiger charge is 2.43. The zero-order valence-electron chi connectivity index (χ0n) is 25.2. The Hall–Kier alpha value is -3.78. The lowest BCUT2D eigenvalue weighted by Crippen LogP contribution is -2.36. The number of phenolic OH excluding ortho intramolecular Hbond substituents is 3. The molecule has 4 N–H and O–H groups in total. The van der Waals surface area contributed by atoms with Crippen LogP contribution in [0.4, 0.5) is 0 Å². The fraction of sp³-hybridized carbons (Fsp3) is 0.486. The van der Waals surface area contributed by atoms with E-state index >= 15 is 0 Å². The van der Waals surface area contributed by atoms with Crippen LogP contribution in [0, 0.1) is 0 Å². The van der Waals surface area contributed by atoms with Crippen LogP contribution in [0.2, 0.25) is 0 Å². The molecule has 3 aromatic carbocycles. The third-order valence-electron chi connectivity index (χ3n) is 9.42. The molecule has 6 rings (SSSR count). The smallest absolute Gasteiger partial charge is 0.207 e. The molecule has 8 nitrogen and oxygen atoms in total. The number of hydrogen-bond acceptors (Lipinski definition) is 8. The van der Waals surface area contributed by atoms with Crippen molar-refractivity contribution in [2.24, 2.45) is 0 Å². The average molecular weight is 591 g/mol. The van der Waals surface area contributed by atoms with Crippen molar-refractivity contribution in [2.45, 2.75) is 95.4 Å². The first-order valence-electron chi connectivity index (χ1n) is 15.6. The molecule has 0 radical (unpaired) electrons. The Morgan fingerprint density at radius 1 is 0.907 bits per heavy atom. The summed E-state index contributed by atoms with van der Waals surface area (Å²) in [6.07, 6.45) is 7.16. The van der Waals surface area contributed by atoms with Gasteiger partial charge in [0.15, 0.2) is 17.6 Å². The van der Waals surface area contributed by atoms with Gasteiger partial charge in [0.05, 0.1) is 20.3 Å². The number of aliphatic hydroxyl groups excluding tert-OH is 1. The largest absolute Gasteiger partial charge is 0.508 e. The number of aromatic hydroxyl groups is 3. The first kappa shape index (κ1) is 29.3. The number of aliphatic hydroxyl groups is 1. The fourth-order valence-corrected chi connectivity index (χ4v) is 7.30. The van der Waals surface area contributed by atoms with E-state index in [9.17, 15) is 20.4 Å². The predicted molar refractivity (Wildman–Crippen MR) is 163 cm³/mol. The number of aryl methyl sites for hydroxylation is 1. The Balaban J connectivity index is 1.49. The van der Waals surface area contributed by atoms with Crippen LogP contribution < -0.4 is 18.9 Å². The van der Waals surface area contributed by atoms with Crippen molar-refractivity contribution in [1.29, 1.82) is 0 Å². The lowest BCUT2D eigenvalue weighted by atomic mass is 9.74. The van der Waals surface area contributed by atoms with Gasteiger partial charge in [-0.05, 0) is 79.8 Å². The summed E-state index contributed by atoms with van der Waals surface area (Å²) in [5, 5.41) is 44.4. The van der Waals surface area contributed by atoms with Gasteiger partial charge in [0.25, 0.3) is 0 Å². The summed E-state index contributed by atoms with van der Waals surface area (Å²) in [5.41, 5.74) is 5.40. The molecule has 3 aliphatic rings. The van der Waals surface area contributed by atoms with Crippen molar-refractivity contribution < 1.29 is 39.4 Å². The topological polar surface area (TPSA) is 118 Å². The molecule has 230 valence electrons. The van der Waals surface area contributed by atoms with Crippen LogP contribution in [0.25, 0.3) is 11.1 Å². The Morgan fingerprint density at radius 3 is 2.42 bits per heavy atom. The van der Waals surface area contributed by atoms with E-state index in [1.165, 1.54) is 7.11 Å². The molecular formula is C35H42O8. The molecule has 0 saturated heterocycles. The van der Waals surface area contributed by atoms with Gasteiger partial charge < -0.3 is 39.4 Å². The molecule has 43 heavy (non-hydrogen) atoms. The van der Waals surface area contributed by atoms with Crippen LogP contribution in [0.15, 0.2) is 30.3 Å². The normalized spacial score (nSPS) is 21.0. The molecule has 8 heteroatoms. The zero-order chi connectivity index (χ0) is 30.2. The van der Waals surface area contributed by atoms with Gasteiger partial charge in [-0.1, -0.05) is 32.3 Å². The monoisotopic (exact) mass is 590 g/mol. The second-order valence-electron chi connectivity index (χ2n) is 12.0. The number of phenols is 3. The SMILES string of the molecule is CCCCC[C@@H]1c2c(cc(OC)c3c2CCc2cc(O)ccc2-3)O[C@@H](c2cc(OC3CCCC3)c(O)c(OC)c2O)[C@@H]1O. The van der Waals surface area contributed by atoms with Gasteiger partial charge in [-0.2, -0.15) is 0 Å². The minimum Gasteiger partial charge on any atom is -0.508 e. The number of rotatable bonds is 9. The fourth-order valence-electron chi connectivity index (χ4n) is 7.30. The number of hydrogen-bond donors (Lipinski definition) is 4. The van der Waals surface area contributed by atoms with Gasteiger partial charge in [-0.3, -0.25) is 0 Å². The first-order valence-corrected chi connectivity index (χ1v) is 15.6. The highest BCUT2D eigenvalue weighted by Crippen LogP contribution is 2.56. The van der Waals surface area contributed by atoms with E-state index in [4.69, 9.17) is 18.9 Å². The summed E-state index contributed by atoms with van der Waals surface area (Å²) >= 11 is 0. The van der Waals surface area contributed by atoms with Crippen molar-refractivity contribution in [2.75, 3.05) is 14.2 Å². The van der Waals surface area contributed by atoms with Crippen LogP contribution in [0.5, 0.6) is 40.2 Å². The van der Waals surface area contributed by atoms with Gasteiger partial charge in [0.2, 0.25) is 11.5 Å². The molecule has 2 aliphatic carbocycles. The van der Waals surface area contributed by atoms with E-state index in [-0.39, 0.29) is 40.8 Å². The standard InChI is InChI=1S/C35H42O8/c1-4-5-6-11-24-30-23-14-12-19-16-20(36)13-15-22(19)29(23)26(40-2)18-27(30)43-34(31(24)37)25-17-28(42-21-9-7-8-10-21)33(39)35(41-3)32(25)38/h13,15-18,21,24,31,34,36-39H,4-12,14H2,1-3H3/t24-,31-,34+/m1/s1. The van der Waals surface area contributed by atoms with Crippen LogP contribution >= 0.6 is 0 Å². The maximum atomic E-state index is 12.1. The van der Waals surface area contributed by atoms with Crippen LogP contribution in [0.3, 0.4) is 0 Å². The predicted octanol–water partition coefficient (Wildman–Crippen LogP) is 7.07. The van der Waals surface area contributed by atoms with Gasteiger partial charge in [0.1, 0.15) is 23.4 Å². The summed E-state index contributed by atoms with van der Waals surface area (Å²) < 4.78 is 24.1. The molecule has 1 aliphatic heterocycles. The number of benzene rings is 3. The van der Waals surface area contributed by atoms with Crippen molar-refractivity contribution in [3.8, 4) is 51.4 Å². The average Bonchev–Trinajstić information content (AvgIpc) is 3.52. The van der Waals surface area contributed by atoms with E-state index in [1.54, 1.807) is 19.2 Å². The Bertz CT molecular complexity index is 1490. The van der Waals surface area contributed by atoms with E-state index in [2.05, 4.69) is 6.92 Å². The number of unbranched alkanes of at least 4 members (excludes halogenated alkanes) is 2. The minimum absolute atomic E-state index is 0.0340. The molecule has 1 saturated carbocycles. The lowest BCUT2D eigenvalue weighted by Gasteiger charge is -2.40. The molecule has 0 spiro atoms. The summed E-state index contributed by atoms with van der Waals surface area (Å²) in [5.74, 6) is 0.801. The quantitative estimate of drug-likeness (QED) is 0.196. The van der Waals surface area contributed by atoms with E-state index in [1.807, 2.05) is 18.2 Å².